The van der Waals surface area contributed by atoms with Crippen LogP contribution in [0, 0.1) is 0 Å². The second kappa shape index (κ2) is 4.81. The summed E-state index contributed by atoms with van der Waals surface area (Å²) in [6, 6.07) is 0. The summed E-state index contributed by atoms with van der Waals surface area (Å²) in [5.41, 5.74) is 0. The minimum atomic E-state index is -0.505. The Morgan fingerprint density at radius 2 is 1.64 bits per heavy atom. The highest BCUT2D eigenvalue weighted by atomic mass is 16.5. The van der Waals surface area contributed by atoms with Crippen molar-refractivity contribution in [2.24, 2.45) is 0 Å². The lowest BCUT2D eigenvalue weighted by Crippen LogP contribution is -2.24. The second-order valence-corrected chi connectivity index (χ2v) is 1.92. The summed E-state index contributed by atoms with van der Waals surface area (Å²) < 4.78 is 0. The van der Waals surface area contributed by atoms with E-state index in [2.05, 4.69) is 0 Å². The van der Waals surface area contributed by atoms with Crippen molar-refractivity contribution in [2.75, 3.05) is 6.61 Å². The third-order valence-corrected chi connectivity index (χ3v) is 1.03. The highest BCUT2D eigenvalue weighted by Gasteiger charge is 2.26. The largest absolute Gasteiger partial charge is 0.397 e. The Kier molecular flexibility index (Phi) is 4.40. The van der Waals surface area contributed by atoms with Crippen LogP contribution in [0.3, 0.4) is 0 Å². The van der Waals surface area contributed by atoms with Gasteiger partial charge in [0.05, 0.1) is 0 Å². The quantitative estimate of drug-likeness (QED) is 0.371. The maximum Gasteiger partial charge on any atom is 0.253 e. The molecule has 1 heterocycles. The van der Waals surface area contributed by atoms with Crippen LogP contribution in [0.15, 0.2) is 0 Å². The highest BCUT2D eigenvalue weighted by molar-refractivity contribution is 6.00. The monoisotopic (exact) mass is 161 g/mol. The molecule has 5 heteroatoms. The van der Waals surface area contributed by atoms with Crippen molar-refractivity contribution in [3.8, 4) is 0 Å². The van der Waals surface area contributed by atoms with E-state index in [0.717, 1.165) is 0 Å². The third kappa shape index (κ3) is 3.10. The molecule has 0 aliphatic carbocycles. The number of hydrogen-bond acceptors (Lipinski definition) is 4. The number of aliphatic hydroxyl groups excluding tert-OH is 1. The lowest BCUT2D eigenvalue weighted by atomic mass is 10.4. The van der Waals surface area contributed by atoms with Gasteiger partial charge in [-0.1, -0.05) is 0 Å². The first-order valence-corrected chi connectivity index (χ1v) is 3.29. The van der Waals surface area contributed by atoms with Crippen LogP contribution in [0.5, 0.6) is 0 Å². The van der Waals surface area contributed by atoms with E-state index >= 15 is 0 Å². The molecule has 1 aliphatic heterocycles. The van der Waals surface area contributed by atoms with Crippen LogP contribution >= 0.6 is 0 Å². The standard InChI is InChI=1S/C4H5NO3.C2H6O/c6-3-1-2-4(7)5(3)8;1-2-3/h8H,1-2H2;3H,2H2,1H3. The van der Waals surface area contributed by atoms with E-state index in [1.54, 1.807) is 6.92 Å². The molecule has 0 unspecified atom stereocenters. The maximum absolute atomic E-state index is 10.2. The summed E-state index contributed by atoms with van der Waals surface area (Å²) >= 11 is 0. The van der Waals surface area contributed by atoms with Crippen LogP contribution in [-0.2, 0) is 9.59 Å². The molecule has 5 nitrogen and oxygen atoms in total. The molecule has 2 amide bonds. The number of aliphatic hydroxyl groups is 1. The van der Waals surface area contributed by atoms with Gasteiger partial charge in [-0.05, 0) is 6.92 Å². The fourth-order valence-electron chi connectivity index (χ4n) is 0.565. The molecule has 0 bridgehead atoms. The molecule has 1 aliphatic rings. The number of hydrogen-bond donors (Lipinski definition) is 2. The molecule has 0 aromatic rings. The molecular formula is C6H11NO4. The van der Waals surface area contributed by atoms with E-state index in [0.29, 0.717) is 0 Å². The third-order valence-electron chi connectivity index (χ3n) is 1.03. The zero-order valence-corrected chi connectivity index (χ0v) is 6.28. The summed E-state index contributed by atoms with van der Waals surface area (Å²) in [5, 5.41) is 16.1. The predicted octanol–water partition coefficient (Wildman–Crippen LogP) is -0.477. The molecule has 0 radical (unpaired) electrons. The highest BCUT2D eigenvalue weighted by Crippen LogP contribution is 2.06. The van der Waals surface area contributed by atoms with Gasteiger partial charge in [-0.25, -0.2) is 0 Å². The normalized spacial score (nSPS) is 16.5. The number of amides is 2. The van der Waals surface area contributed by atoms with Crippen molar-refractivity contribution in [1.29, 1.82) is 0 Å². The summed E-state index contributed by atoms with van der Waals surface area (Å²) in [4.78, 5) is 20.5. The first-order valence-electron chi connectivity index (χ1n) is 3.29. The molecule has 1 rings (SSSR count). The van der Waals surface area contributed by atoms with Crippen molar-refractivity contribution in [1.82, 2.24) is 5.06 Å². The van der Waals surface area contributed by atoms with E-state index in [1.165, 1.54) is 0 Å². The van der Waals surface area contributed by atoms with Crippen LogP contribution in [0.2, 0.25) is 0 Å². The van der Waals surface area contributed by atoms with Gasteiger partial charge in [-0.15, -0.1) is 0 Å². The fourth-order valence-corrected chi connectivity index (χ4v) is 0.565. The van der Waals surface area contributed by atoms with Crippen LogP contribution in [-0.4, -0.2) is 33.8 Å². The van der Waals surface area contributed by atoms with E-state index in [9.17, 15) is 9.59 Å². The Hall–Kier alpha value is -0.940. The Balaban J connectivity index is 0.000000292. The summed E-state index contributed by atoms with van der Waals surface area (Å²) in [5.74, 6) is -1.01. The van der Waals surface area contributed by atoms with Crippen molar-refractivity contribution in [3.63, 3.8) is 0 Å². The molecule has 0 aromatic heterocycles. The number of nitrogens with zero attached hydrogens (tertiary/aromatic N) is 1. The Bertz CT molecular complexity index is 141. The molecule has 2 N–H and O–H groups in total. The van der Waals surface area contributed by atoms with Crippen LogP contribution < -0.4 is 0 Å². The Labute approximate surface area is 64.2 Å². The van der Waals surface area contributed by atoms with Gasteiger partial charge in [-0.2, -0.15) is 5.06 Å². The number of hydroxylamine groups is 2. The predicted molar refractivity (Wildman–Crippen MR) is 35.6 cm³/mol. The van der Waals surface area contributed by atoms with E-state index < -0.39 is 11.8 Å². The Morgan fingerprint density at radius 1 is 1.36 bits per heavy atom. The van der Waals surface area contributed by atoms with Crippen LogP contribution in [0.1, 0.15) is 19.8 Å². The maximum atomic E-state index is 10.2. The molecule has 1 saturated heterocycles. The SMILES string of the molecule is CCO.O=C1CCC(=O)N1O. The molecule has 64 valence electrons. The van der Waals surface area contributed by atoms with Gasteiger partial charge >= 0.3 is 0 Å². The van der Waals surface area contributed by atoms with E-state index in [1.807, 2.05) is 0 Å². The van der Waals surface area contributed by atoms with Crippen LogP contribution in [0.4, 0.5) is 0 Å². The van der Waals surface area contributed by atoms with Crippen LogP contribution in [0.25, 0.3) is 0 Å². The fraction of sp³-hybridized carbons (Fsp3) is 0.667. The zero-order chi connectivity index (χ0) is 8.85. The Morgan fingerprint density at radius 3 is 1.73 bits per heavy atom. The number of imide groups is 1. The van der Waals surface area contributed by atoms with E-state index in [-0.39, 0.29) is 24.5 Å². The molecule has 11 heavy (non-hydrogen) atoms. The second-order valence-electron chi connectivity index (χ2n) is 1.92. The molecule has 1 fully saturated rings. The number of rotatable bonds is 0. The van der Waals surface area contributed by atoms with Gasteiger partial charge < -0.3 is 5.11 Å². The topological polar surface area (TPSA) is 77.8 Å². The molecule has 0 atom stereocenters. The average molecular weight is 161 g/mol. The van der Waals surface area contributed by atoms with Crippen molar-refractivity contribution in [2.45, 2.75) is 19.8 Å². The zero-order valence-electron chi connectivity index (χ0n) is 6.28. The van der Waals surface area contributed by atoms with Gasteiger partial charge in [0.15, 0.2) is 0 Å². The van der Waals surface area contributed by atoms with Gasteiger partial charge in [0.1, 0.15) is 0 Å². The molecule has 0 spiro atoms. The molecule has 0 saturated carbocycles. The first kappa shape index (κ1) is 10.1. The first-order chi connectivity index (χ1) is 5.13. The summed E-state index contributed by atoms with van der Waals surface area (Å²) in [6.45, 7) is 1.93. The smallest absolute Gasteiger partial charge is 0.253 e. The molecular weight excluding hydrogens is 150 g/mol. The van der Waals surface area contributed by atoms with Gasteiger partial charge in [0.25, 0.3) is 11.8 Å². The van der Waals surface area contributed by atoms with Gasteiger partial charge in [-0.3, -0.25) is 14.8 Å². The lowest BCUT2D eigenvalue weighted by Gasteiger charge is -1.98. The minimum Gasteiger partial charge on any atom is -0.397 e. The van der Waals surface area contributed by atoms with Crippen molar-refractivity contribution < 1.29 is 19.9 Å². The van der Waals surface area contributed by atoms with Crippen molar-refractivity contribution in [3.05, 3.63) is 0 Å². The minimum absolute atomic E-state index is 0.148. The van der Waals surface area contributed by atoms with Crippen molar-refractivity contribution >= 4 is 11.8 Å². The van der Waals surface area contributed by atoms with Gasteiger partial charge in [0.2, 0.25) is 0 Å². The van der Waals surface area contributed by atoms with E-state index in [4.69, 9.17) is 10.3 Å². The number of carbonyl (C=O) groups excluding carboxylic acids is 2. The van der Waals surface area contributed by atoms with Gasteiger partial charge in [0, 0.05) is 19.4 Å². The average Bonchev–Trinajstić information content (AvgIpc) is 2.22. The molecule has 0 aromatic carbocycles. The summed E-state index contributed by atoms with van der Waals surface area (Å²) in [7, 11) is 0. The summed E-state index contributed by atoms with van der Waals surface area (Å²) in [6.07, 6.45) is 0.296. The number of carbonyl (C=O) groups is 2. The lowest BCUT2D eigenvalue weighted by molar-refractivity contribution is -0.171.